The molecule has 0 aliphatic rings. The van der Waals surface area contributed by atoms with Crippen LogP contribution in [-0.2, 0) is 7.05 Å². The van der Waals surface area contributed by atoms with Crippen LogP contribution in [0.15, 0.2) is 24.5 Å². The van der Waals surface area contributed by atoms with Crippen molar-refractivity contribution >= 4 is 5.82 Å². The second kappa shape index (κ2) is 2.85. The zero-order valence-electron chi connectivity index (χ0n) is 7.18. The molecule has 0 radical (unpaired) electrons. The van der Waals surface area contributed by atoms with Crippen LogP contribution >= 0.6 is 0 Å². The van der Waals surface area contributed by atoms with Gasteiger partial charge in [-0.15, -0.1) is 5.10 Å². The fourth-order valence-corrected chi connectivity index (χ4v) is 1.04. The maximum atomic E-state index is 5.46. The number of aryl methyl sites for hydroxylation is 1. The molecule has 5 heteroatoms. The molecule has 2 aromatic heterocycles. The summed E-state index contributed by atoms with van der Waals surface area (Å²) in [5, 5.41) is 7.77. The number of nitrogens with zero attached hydrogens (tertiary/aromatic N) is 4. The van der Waals surface area contributed by atoms with E-state index in [1.165, 1.54) is 0 Å². The molecule has 0 atom stereocenters. The van der Waals surface area contributed by atoms with Gasteiger partial charge in [-0.3, -0.25) is 4.68 Å². The van der Waals surface area contributed by atoms with Crippen molar-refractivity contribution < 1.29 is 0 Å². The Balaban J connectivity index is 2.41. The van der Waals surface area contributed by atoms with E-state index in [-0.39, 0.29) is 0 Å². The van der Waals surface area contributed by atoms with Gasteiger partial charge in [0, 0.05) is 18.8 Å². The average Bonchev–Trinajstić information content (AvgIpc) is 2.53. The first-order valence-electron chi connectivity index (χ1n) is 3.84. The Kier molecular flexibility index (Phi) is 1.70. The molecule has 2 N–H and O–H groups in total. The van der Waals surface area contributed by atoms with E-state index in [0.29, 0.717) is 5.82 Å². The highest BCUT2D eigenvalue weighted by molar-refractivity contribution is 5.57. The Bertz CT molecular complexity index is 403. The summed E-state index contributed by atoms with van der Waals surface area (Å²) in [5.41, 5.74) is 7.18. The van der Waals surface area contributed by atoms with E-state index in [0.717, 1.165) is 11.3 Å². The summed E-state index contributed by atoms with van der Waals surface area (Å²) < 4.78 is 1.64. The molecule has 0 spiro atoms. The number of pyridine rings is 1. The molecule has 0 saturated heterocycles. The van der Waals surface area contributed by atoms with Crippen molar-refractivity contribution in [2.45, 2.75) is 0 Å². The highest BCUT2D eigenvalue weighted by Crippen LogP contribution is 2.14. The fraction of sp³-hybridized carbons (Fsp3) is 0.125. The van der Waals surface area contributed by atoms with Crippen LogP contribution in [0, 0.1) is 0 Å². The largest absolute Gasteiger partial charge is 0.384 e. The fourth-order valence-electron chi connectivity index (χ4n) is 1.04. The van der Waals surface area contributed by atoms with Crippen LogP contribution in [-0.4, -0.2) is 20.0 Å². The van der Waals surface area contributed by atoms with Crippen molar-refractivity contribution in [2.24, 2.45) is 7.05 Å². The number of hydrogen-bond donors (Lipinski definition) is 1. The van der Waals surface area contributed by atoms with Crippen molar-refractivity contribution in [3.63, 3.8) is 0 Å². The van der Waals surface area contributed by atoms with Gasteiger partial charge < -0.3 is 5.73 Å². The molecular weight excluding hydrogens is 166 g/mol. The first-order chi connectivity index (χ1) is 6.25. The molecule has 2 aromatic rings. The van der Waals surface area contributed by atoms with Crippen LogP contribution in [0.2, 0.25) is 0 Å². The molecule has 5 nitrogen and oxygen atoms in total. The van der Waals surface area contributed by atoms with Gasteiger partial charge in [0.15, 0.2) is 0 Å². The van der Waals surface area contributed by atoms with Crippen molar-refractivity contribution in [2.75, 3.05) is 5.73 Å². The van der Waals surface area contributed by atoms with Gasteiger partial charge in [-0.05, 0) is 12.1 Å². The first kappa shape index (κ1) is 7.72. The molecule has 66 valence electrons. The Morgan fingerprint density at radius 1 is 1.38 bits per heavy atom. The van der Waals surface area contributed by atoms with Crippen molar-refractivity contribution in [1.82, 2.24) is 20.0 Å². The van der Waals surface area contributed by atoms with Gasteiger partial charge >= 0.3 is 0 Å². The van der Waals surface area contributed by atoms with Crippen LogP contribution in [0.4, 0.5) is 5.82 Å². The maximum absolute atomic E-state index is 5.46. The molecule has 0 fully saturated rings. The van der Waals surface area contributed by atoms with Crippen molar-refractivity contribution in [1.29, 1.82) is 0 Å². The van der Waals surface area contributed by atoms with Gasteiger partial charge in [0.05, 0.1) is 6.20 Å². The van der Waals surface area contributed by atoms with E-state index in [1.54, 1.807) is 16.9 Å². The third-order valence-electron chi connectivity index (χ3n) is 1.68. The molecule has 13 heavy (non-hydrogen) atoms. The third-order valence-corrected chi connectivity index (χ3v) is 1.68. The lowest BCUT2D eigenvalue weighted by molar-refractivity contribution is 0.715. The highest BCUT2D eigenvalue weighted by Gasteiger charge is 2.01. The van der Waals surface area contributed by atoms with Crippen molar-refractivity contribution in [3.05, 3.63) is 24.5 Å². The van der Waals surface area contributed by atoms with Gasteiger partial charge in [0.2, 0.25) is 0 Å². The molecule has 0 aliphatic carbocycles. The molecule has 2 heterocycles. The van der Waals surface area contributed by atoms with E-state index in [4.69, 9.17) is 5.73 Å². The summed E-state index contributed by atoms with van der Waals surface area (Å²) in [6.07, 6.45) is 3.51. The molecule has 0 aromatic carbocycles. The monoisotopic (exact) mass is 175 g/mol. The summed E-state index contributed by atoms with van der Waals surface area (Å²) in [5.74, 6) is 0.507. The predicted molar refractivity (Wildman–Crippen MR) is 48.6 cm³/mol. The lowest BCUT2D eigenvalue weighted by Gasteiger charge is -1.94. The van der Waals surface area contributed by atoms with Gasteiger partial charge in [-0.1, -0.05) is 5.21 Å². The van der Waals surface area contributed by atoms with E-state index in [2.05, 4.69) is 15.3 Å². The number of nitrogens with two attached hydrogens (primary N) is 1. The smallest absolute Gasteiger partial charge is 0.123 e. The van der Waals surface area contributed by atoms with Crippen LogP contribution in [0.25, 0.3) is 11.3 Å². The van der Waals surface area contributed by atoms with Gasteiger partial charge in [0.25, 0.3) is 0 Å². The SMILES string of the molecule is Cn1cc(-c2ccc(N)nc2)nn1. The van der Waals surface area contributed by atoms with Crippen LogP contribution in [0.1, 0.15) is 0 Å². The van der Waals surface area contributed by atoms with Crippen LogP contribution in [0.3, 0.4) is 0 Å². The standard InChI is InChI=1S/C8H9N5/c1-13-5-7(11-12-13)6-2-3-8(9)10-4-6/h2-5H,1H3,(H2,9,10). The zero-order chi connectivity index (χ0) is 9.26. The summed E-state index contributed by atoms with van der Waals surface area (Å²) in [7, 11) is 1.82. The summed E-state index contributed by atoms with van der Waals surface area (Å²) >= 11 is 0. The minimum Gasteiger partial charge on any atom is -0.384 e. The Morgan fingerprint density at radius 2 is 2.23 bits per heavy atom. The Labute approximate surface area is 75.2 Å². The predicted octanol–water partition coefficient (Wildman–Crippen LogP) is 0.459. The topological polar surface area (TPSA) is 69.6 Å². The van der Waals surface area contributed by atoms with Gasteiger partial charge in [0.1, 0.15) is 11.5 Å². The summed E-state index contributed by atoms with van der Waals surface area (Å²) in [4.78, 5) is 3.97. The minimum atomic E-state index is 0.507. The van der Waals surface area contributed by atoms with Gasteiger partial charge in [-0.2, -0.15) is 0 Å². The number of anilines is 1. The van der Waals surface area contributed by atoms with E-state index < -0.39 is 0 Å². The molecule has 0 aliphatic heterocycles. The number of aromatic nitrogens is 4. The summed E-state index contributed by atoms with van der Waals surface area (Å²) in [6.45, 7) is 0. The number of rotatable bonds is 1. The Morgan fingerprint density at radius 3 is 2.77 bits per heavy atom. The molecule has 0 unspecified atom stereocenters. The van der Waals surface area contributed by atoms with Gasteiger partial charge in [-0.25, -0.2) is 4.98 Å². The zero-order valence-corrected chi connectivity index (χ0v) is 7.18. The third kappa shape index (κ3) is 1.48. The maximum Gasteiger partial charge on any atom is 0.123 e. The highest BCUT2D eigenvalue weighted by atomic mass is 15.4. The quantitative estimate of drug-likeness (QED) is 0.683. The summed E-state index contributed by atoms with van der Waals surface area (Å²) in [6, 6.07) is 3.61. The molecule has 0 bridgehead atoms. The molecule has 0 amide bonds. The van der Waals surface area contributed by atoms with E-state index >= 15 is 0 Å². The molecular formula is C8H9N5. The minimum absolute atomic E-state index is 0.507. The number of hydrogen-bond acceptors (Lipinski definition) is 4. The Hall–Kier alpha value is -1.91. The average molecular weight is 175 g/mol. The number of nitrogen functional groups attached to an aromatic ring is 1. The lowest BCUT2D eigenvalue weighted by atomic mass is 10.2. The second-order valence-electron chi connectivity index (χ2n) is 2.75. The second-order valence-corrected chi connectivity index (χ2v) is 2.75. The molecule has 2 rings (SSSR count). The van der Waals surface area contributed by atoms with E-state index in [1.807, 2.05) is 19.3 Å². The first-order valence-corrected chi connectivity index (χ1v) is 3.84. The van der Waals surface area contributed by atoms with Crippen molar-refractivity contribution in [3.8, 4) is 11.3 Å². The van der Waals surface area contributed by atoms with E-state index in [9.17, 15) is 0 Å². The van der Waals surface area contributed by atoms with Crippen LogP contribution in [0.5, 0.6) is 0 Å². The van der Waals surface area contributed by atoms with Crippen LogP contribution < -0.4 is 5.73 Å². The lowest BCUT2D eigenvalue weighted by Crippen LogP contribution is -1.88. The molecule has 0 saturated carbocycles. The normalized spacial score (nSPS) is 10.2.